The van der Waals surface area contributed by atoms with Crippen LogP contribution >= 0.6 is 23.2 Å². The fourth-order valence-corrected chi connectivity index (χ4v) is 2.47. The van der Waals surface area contributed by atoms with Gasteiger partial charge in [0, 0.05) is 11.4 Å². The molecule has 6 heteroatoms. The average molecular weight is 338 g/mol. The van der Waals surface area contributed by atoms with Crippen LogP contribution in [0.2, 0.25) is 10.0 Å². The lowest BCUT2D eigenvalue weighted by molar-refractivity contribution is -0.140. The van der Waals surface area contributed by atoms with Gasteiger partial charge in [-0.25, -0.2) is 0 Å². The monoisotopic (exact) mass is 337 g/mol. The van der Waals surface area contributed by atoms with Gasteiger partial charge in [0.2, 0.25) is 5.91 Å². The number of nitrogens with one attached hydrogen (secondary N) is 1. The maximum absolute atomic E-state index is 12.1. The third-order valence-corrected chi connectivity index (χ3v) is 3.64. The second kappa shape index (κ2) is 7.29. The Bertz CT molecular complexity index is 689. The molecule has 4 nitrogen and oxygen atoms in total. The first-order valence-corrected chi connectivity index (χ1v) is 7.25. The van der Waals surface area contributed by atoms with Crippen molar-refractivity contribution < 1.29 is 14.7 Å². The van der Waals surface area contributed by atoms with Crippen molar-refractivity contribution in [2.75, 3.05) is 5.32 Å². The largest absolute Gasteiger partial charge is 0.481 e. The molecule has 1 amide bonds. The highest BCUT2D eigenvalue weighted by Crippen LogP contribution is 2.26. The van der Waals surface area contributed by atoms with E-state index in [1.54, 1.807) is 42.5 Å². The molecule has 2 aromatic carbocycles. The fraction of sp³-hybridized carbons (Fsp3) is 0.125. The number of carboxylic acid groups (broad SMARTS) is 1. The molecule has 0 saturated carbocycles. The molecule has 0 spiro atoms. The lowest BCUT2D eigenvalue weighted by Gasteiger charge is -2.13. The number of halogens is 2. The summed E-state index contributed by atoms with van der Waals surface area (Å²) in [5.41, 5.74) is 0.973. The van der Waals surface area contributed by atoms with Crippen molar-refractivity contribution in [3.63, 3.8) is 0 Å². The Hall–Kier alpha value is -2.04. The molecular formula is C16H13Cl2NO3. The minimum atomic E-state index is -1.05. The zero-order chi connectivity index (χ0) is 16.1. The maximum Gasteiger partial charge on any atom is 0.311 e. The van der Waals surface area contributed by atoms with Gasteiger partial charge in [-0.1, -0.05) is 53.5 Å². The van der Waals surface area contributed by atoms with Gasteiger partial charge in [0.15, 0.2) is 0 Å². The van der Waals surface area contributed by atoms with Crippen LogP contribution in [0.5, 0.6) is 0 Å². The van der Waals surface area contributed by atoms with Gasteiger partial charge in [-0.3, -0.25) is 9.59 Å². The van der Waals surface area contributed by atoms with E-state index in [9.17, 15) is 14.7 Å². The molecule has 114 valence electrons. The number of rotatable bonds is 5. The van der Waals surface area contributed by atoms with E-state index in [4.69, 9.17) is 23.2 Å². The topological polar surface area (TPSA) is 66.4 Å². The van der Waals surface area contributed by atoms with Crippen molar-refractivity contribution in [2.45, 2.75) is 12.3 Å². The van der Waals surface area contributed by atoms with Gasteiger partial charge in [0.1, 0.15) is 0 Å². The summed E-state index contributed by atoms with van der Waals surface area (Å²) in [6, 6.07) is 13.3. The van der Waals surface area contributed by atoms with Gasteiger partial charge >= 0.3 is 5.97 Å². The van der Waals surface area contributed by atoms with E-state index >= 15 is 0 Å². The van der Waals surface area contributed by atoms with Crippen LogP contribution in [0, 0.1) is 0 Å². The molecule has 0 saturated heterocycles. The van der Waals surface area contributed by atoms with Crippen LogP contribution in [-0.4, -0.2) is 17.0 Å². The molecule has 2 aromatic rings. The molecule has 0 aliphatic rings. The highest BCUT2D eigenvalue weighted by Gasteiger charge is 2.23. The first-order chi connectivity index (χ1) is 10.5. The molecule has 0 aliphatic carbocycles. The van der Waals surface area contributed by atoms with Crippen LogP contribution in [0.4, 0.5) is 5.69 Å². The number of amides is 1. The summed E-state index contributed by atoms with van der Waals surface area (Å²) in [4.78, 5) is 23.4. The summed E-state index contributed by atoms with van der Waals surface area (Å²) in [5.74, 6) is -2.39. The predicted molar refractivity (Wildman–Crippen MR) is 86.5 cm³/mol. The standard InChI is InChI=1S/C16H13Cl2NO3/c17-11-6-7-14(13(18)8-11)19-15(20)9-12(16(21)22)10-4-2-1-3-5-10/h1-8,12H,9H2,(H,19,20)(H,21,22)/t12-/m1/s1. The van der Waals surface area contributed by atoms with Crippen molar-refractivity contribution in [1.29, 1.82) is 0 Å². The van der Waals surface area contributed by atoms with Gasteiger partial charge in [0.25, 0.3) is 0 Å². The van der Waals surface area contributed by atoms with Crippen LogP contribution in [0.1, 0.15) is 17.9 Å². The summed E-state index contributed by atoms with van der Waals surface area (Å²) in [6.07, 6.45) is -0.182. The quantitative estimate of drug-likeness (QED) is 0.859. The molecule has 0 heterocycles. The summed E-state index contributed by atoms with van der Waals surface area (Å²) in [7, 11) is 0. The smallest absolute Gasteiger partial charge is 0.311 e. The second-order valence-corrected chi connectivity index (χ2v) is 5.52. The number of carbonyl (C=O) groups is 2. The fourth-order valence-electron chi connectivity index (χ4n) is 2.01. The van der Waals surface area contributed by atoms with Crippen LogP contribution in [-0.2, 0) is 9.59 Å². The molecule has 0 aromatic heterocycles. The molecule has 2 rings (SSSR count). The Balaban J connectivity index is 2.10. The molecule has 0 bridgehead atoms. The number of aliphatic carboxylic acids is 1. The molecule has 0 radical (unpaired) electrons. The van der Waals surface area contributed by atoms with Crippen LogP contribution < -0.4 is 5.32 Å². The Morgan fingerprint density at radius 2 is 1.77 bits per heavy atom. The Morgan fingerprint density at radius 3 is 2.36 bits per heavy atom. The van der Waals surface area contributed by atoms with Crippen LogP contribution in [0.15, 0.2) is 48.5 Å². The van der Waals surface area contributed by atoms with Crippen LogP contribution in [0.3, 0.4) is 0 Å². The van der Waals surface area contributed by atoms with Gasteiger partial charge in [0.05, 0.1) is 16.6 Å². The minimum absolute atomic E-state index is 0.182. The SMILES string of the molecule is O=C(C[C@@H](C(=O)O)c1ccccc1)Nc1ccc(Cl)cc1Cl. The first kappa shape index (κ1) is 16.3. The van der Waals surface area contributed by atoms with Crippen molar-refractivity contribution in [1.82, 2.24) is 0 Å². The van der Waals surface area contributed by atoms with E-state index in [0.717, 1.165) is 0 Å². The van der Waals surface area contributed by atoms with Crippen molar-refractivity contribution >= 4 is 40.8 Å². The van der Waals surface area contributed by atoms with E-state index in [2.05, 4.69) is 5.32 Å². The lowest BCUT2D eigenvalue weighted by Crippen LogP contribution is -2.21. The second-order valence-electron chi connectivity index (χ2n) is 4.68. The highest BCUT2D eigenvalue weighted by atomic mass is 35.5. The van der Waals surface area contributed by atoms with E-state index in [-0.39, 0.29) is 6.42 Å². The highest BCUT2D eigenvalue weighted by molar-refractivity contribution is 6.36. The molecular weight excluding hydrogens is 325 g/mol. The molecule has 22 heavy (non-hydrogen) atoms. The molecule has 0 aliphatic heterocycles. The minimum Gasteiger partial charge on any atom is -0.481 e. The number of carboxylic acids is 1. The molecule has 0 fully saturated rings. The van der Waals surface area contributed by atoms with E-state index in [0.29, 0.717) is 21.3 Å². The van der Waals surface area contributed by atoms with Crippen molar-refractivity contribution in [3.8, 4) is 0 Å². The number of hydrogen-bond donors (Lipinski definition) is 2. The summed E-state index contributed by atoms with van der Waals surface area (Å²) in [5, 5.41) is 12.7. The zero-order valence-corrected chi connectivity index (χ0v) is 12.9. The van der Waals surface area contributed by atoms with Gasteiger partial charge < -0.3 is 10.4 Å². The summed E-state index contributed by atoms with van der Waals surface area (Å²) in [6.45, 7) is 0. The third kappa shape index (κ3) is 4.23. The number of hydrogen-bond acceptors (Lipinski definition) is 2. The lowest BCUT2D eigenvalue weighted by atomic mass is 9.95. The third-order valence-electron chi connectivity index (χ3n) is 3.09. The maximum atomic E-state index is 12.1. The molecule has 0 unspecified atom stereocenters. The first-order valence-electron chi connectivity index (χ1n) is 6.50. The van der Waals surface area contributed by atoms with Crippen molar-refractivity contribution in [3.05, 3.63) is 64.1 Å². The van der Waals surface area contributed by atoms with E-state index in [1.807, 2.05) is 0 Å². The Morgan fingerprint density at radius 1 is 1.09 bits per heavy atom. The van der Waals surface area contributed by atoms with E-state index < -0.39 is 17.8 Å². The average Bonchev–Trinajstić information content (AvgIpc) is 2.48. The molecule has 2 N–H and O–H groups in total. The number of benzene rings is 2. The zero-order valence-electron chi connectivity index (χ0n) is 11.4. The number of anilines is 1. The summed E-state index contributed by atoms with van der Waals surface area (Å²) < 4.78 is 0. The molecule has 1 atom stereocenters. The van der Waals surface area contributed by atoms with Gasteiger partial charge in [-0.2, -0.15) is 0 Å². The Labute approximate surface area is 137 Å². The predicted octanol–water partition coefficient (Wildman–Crippen LogP) is 4.19. The van der Waals surface area contributed by atoms with Crippen molar-refractivity contribution in [2.24, 2.45) is 0 Å². The van der Waals surface area contributed by atoms with Gasteiger partial charge in [-0.15, -0.1) is 0 Å². The van der Waals surface area contributed by atoms with Gasteiger partial charge in [-0.05, 0) is 23.8 Å². The van der Waals surface area contributed by atoms with Crippen LogP contribution in [0.25, 0.3) is 0 Å². The summed E-state index contributed by atoms with van der Waals surface area (Å²) >= 11 is 11.8. The number of carbonyl (C=O) groups excluding carboxylic acids is 1. The Kier molecular flexibility index (Phi) is 5.41. The van der Waals surface area contributed by atoms with E-state index in [1.165, 1.54) is 6.07 Å². The normalized spacial score (nSPS) is 11.7.